The van der Waals surface area contributed by atoms with Crippen LogP contribution in [0.15, 0.2) is 42.7 Å². The van der Waals surface area contributed by atoms with Crippen LogP contribution in [0.2, 0.25) is 0 Å². The zero-order valence-corrected chi connectivity index (χ0v) is 9.80. The van der Waals surface area contributed by atoms with Gasteiger partial charge in [0, 0.05) is 18.9 Å². The Hall–Kier alpha value is -2.43. The van der Waals surface area contributed by atoms with E-state index in [0.717, 1.165) is 6.07 Å². The average molecular weight is 245 g/mol. The van der Waals surface area contributed by atoms with E-state index in [1.54, 1.807) is 25.4 Å². The zero-order chi connectivity index (χ0) is 13.1. The second-order valence-electron chi connectivity index (χ2n) is 3.81. The molecule has 1 heterocycles. The predicted octanol–water partition coefficient (Wildman–Crippen LogP) is 2.08. The molecule has 0 fully saturated rings. The minimum absolute atomic E-state index is 0.0180. The highest BCUT2D eigenvalue weighted by atomic mass is 19.1. The predicted molar refractivity (Wildman–Crippen MR) is 67.8 cm³/mol. The first kappa shape index (κ1) is 12.0. The van der Waals surface area contributed by atoms with E-state index in [1.807, 2.05) is 0 Å². The summed E-state index contributed by atoms with van der Waals surface area (Å²) in [7, 11) is 1.56. The number of rotatable bonds is 2. The number of carbonyl (C=O) groups is 1. The fourth-order valence-electron chi connectivity index (χ4n) is 1.55. The van der Waals surface area contributed by atoms with Crippen molar-refractivity contribution in [3.8, 4) is 0 Å². The number of benzene rings is 1. The maximum absolute atomic E-state index is 13.6. The molecule has 0 aliphatic rings. The Morgan fingerprint density at radius 3 is 2.78 bits per heavy atom. The van der Waals surface area contributed by atoms with Gasteiger partial charge < -0.3 is 10.6 Å². The molecular formula is C13H12FN3O. The molecule has 0 aliphatic heterocycles. The SMILES string of the molecule is CN(C(=O)c1ccc(N)cc1F)c1cccnc1. The maximum atomic E-state index is 13.6. The molecule has 4 nitrogen and oxygen atoms in total. The van der Waals surface area contributed by atoms with E-state index in [4.69, 9.17) is 5.73 Å². The van der Waals surface area contributed by atoms with Gasteiger partial charge in [-0.2, -0.15) is 0 Å². The van der Waals surface area contributed by atoms with Crippen LogP contribution in [0.3, 0.4) is 0 Å². The minimum Gasteiger partial charge on any atom is -0.399 e. The molecule has 0 saturated heterocycles. The van der Waals surface area contributed by atoms with Gasteiger partial charge in [-0.05, 0) is 30.3 Å². The van der Waals surface area contributed by atoms with E-state index < -0.39 is 11.7 Å². The normalized spacial score (nSPS) is 10.1. The minimum atomic E-state index is -0.629. The second kappa shape index (κ2) is 4.83. The largest absolute Gasteiger partial charge is 0.399 e. The molecular weight excluding hydrogens is 233 g/mol. The number of carbonyl (C=O) groups excluding carboxylic acids is 1. The van der Waals surface area contributed by atoms with Crippen molar-refractivity contribution in [1.29, 1.82) is 0 Å². The standard InChI is InChI=1S/C13H12FN3O/c1-17(10-3-2-6-16-8-10)13(18)11-5-4-9(15)7-12(11)14/h2-8H,15H2,1H3. The van der Waals surface area contributed by atoms with E-state index in [-0.39, 0.29) is 11.3 Å². The molecule has 5 heteroatoms. The average Bonchev–Trinajstić information content (AvgIpc) is 2.38. The number of nitrogen functional groups attached to an aromatic ring is 1. The molecule has 0 bridgehead atoms. The summed E-state index contributed by atoms with van der Waals surface area (Å²) in [5.74, 6) is -1.07. The van der Waals surface area contributed by atoms with Gasteiger partial charge in [-0.1, -0.05) is 0 Å². The third kappa shape index (κ3) is 2.29. The molecule has 2 rings (SSSR count). The monoisotopic (exact) mass is 245 g/mol. The smallest absolute Gasteiger partial charge is 0.261 e. The van der Waals surface area contributed by atoms with Crippen LogP contribution in [-0.4, -0.2) is 17.9 Å². The lowest BCUT2D eigenvalue weighted by Crippen LogP contribution is -2.27. The van der Waals surface area contributed by atoms with Crippen LogP contribution in [-0.2, 0) is 0 Å². The summed E-state index contributed by atoms with van der Waals surface area (Å²) in [6.45, 7) is 0. The summed E-state index contributed by atoms with van der Waals surface area (Å²) in [5.41, 5.74) is 6.30. The Morgan fingerprint density at radius 1 is 1.39 bits per heavy atom. The van der Waals surface area contributed by atoms with Crippen LogP contribution < -0.4 is 10.6 Å². The third-order valence-corrected chi connectivity index (χ3v) is 2.56. The quantitative estimate of drug-likeness (QED) is 0.824. The molecule has 18 heavy (non-hydrogen) atoms. The number of amides is 1. The van der Waals surface area contributed by atoms with E-state index >= 15 is 0 Å². The summed E-state index contributed by atoms with van der Waals surface area (Å²) in [5, 5.41) is 0. The number of pyridine rings is 1. The van der Waals surface area contributed by atoms with Gasteiger partial charge in [0.1, 0.15) is 5.82 Å². The molecule has 1 amide bonds. The highest BCUT2D eigenvalue weighted by Gasteiger charge is 2.17. The van der Waals surface area contributed by atoms with Crippen molar-refractivity contribution in [2.45, 2.75) is 0 Å². The summed E-state index contributed by atoms with van der Waals surface area (Å²) < 4.78 is 13.6. The van der Waals surface area contributed by atoms with Crippen LogP contribution in [0.25, 0.3) is 0 Å². The second-order valence-corrected chi connectivity index (χ2v) is 3.81. The number of nitrogens with two attached hydrogens (primary N) is 1. The van der Waals surface area contributed by atoms with E-state index in [0.29, 0.717) is 5.69 Å². The number of hydrogen-bond acceptors (Lipinski definition) is 3. The summed E-state index contributed by atoms with van der Waals surface area (Å²) >= 11 is 0. The molecule has 1 aromatic carbocycles. The topological polar surface area (TPSA) is 59.2 Å². The summed E-state index contributed by atoms with van der Waals surface area (Å²) in [6.07, 6.45) is 3.14. The molecule has 0 spiro atoms. The van der Waals surface area contributed by atoms with Gasteiger partial charge in [0.25, 0.3) is 5.91 Å². The van der Waals surface area contributed by atoms with Crippen molar-refractivity contribution in [1.82, 2.24) is 4.98 Å². The van der Waals surface area contributed by atoms with Gasteiger partial charge >= 0.3 is 0 Å². The van der Waals surface area contributed by atoms with E-state index in [1.165, 1.54) is 23.2 Å². The molecule has 1 aromatic heterocycles. The molecule has 0 radical (unpaired) electrons. The van der Waals surface area contributed by atoms with Crippen LogP contribution in [0.4, 0.5) is 15.8 Å². The van der Waals surface area contributed by atoms with Crippen molar-refractivity contribution < 1.29 is 9.18 Å². The summed E-state index contributed by atoms with van der Waals surface area (Å²) in [6, 6.07) is 7.43. The van der Waals surface area contributed by atoms with Gasteiger partial charge in [-0.15, -0.1) is 0 Å². The number of hydrogen-bond donors (Lipinski definition) is 1. The molecule has 0 unspecified atom stereocenters. The number of nitrogens with zero attached hydrogens (tertiary/aromatic N) is 2. The molecule has 2 aromatic rings. The van der Waals surface area contributed by atoms with Crippen molar-refractivity contribution in [3.05, 3.63) is 54.1 Å². The first-order valence-electron chi connectivity index (χ1n) is 5.32. The van der Waals surface area contributed by atoms with Crippen LogP contribution in [0.1, 0.15) is 10.4 Å². The Kier molecular flexibility index (Phi) is 3.23. The Balaban J connectivity index is 2.32. The summed E-state index contributed by atoms with van der Waals surface area (Å²) in [4.78, 5) is 17.3. The van der Waals surface area contributed by atoms with Crippen molar-refractivity contribution in [2.24, 2.45) is 0 Å². The van der Waals surface area contributed by atoms with E-state index in [2.05, 4.69) is 4.98 Å². The Morgan fingerprint density at radius 2 is 2.17 bits per heavy atom. The zero-order valence-electron chi connectivity index (χ0n) is 9.80. The number of anilines is 2. The number of halogens is 1. The highest BCUT2D eigenvalue weighted by molar-refractivity contribution is 6.05. The Labute approximate surface area is 104 Å². The molecule has 0 atom stereocenters. The fourth-order valence-corrected chi connectivity index (χ4v) is 1.55. The number of aromatic nitrogens is 1. The van der Waals surface area contributed by atoms with Crippen LogP contribution in [0.5, 0.6) is 0 Å². The van der Waals surface area contributed by atoms with Crippen molar-refractivity contribution in [3.63, 3.8) is 0 Å². The van der Waals surface area contributed by atoms with Crippen LogP contribution in [0, 0.1) is 5.82 Å². The van der Waals surface area contributed by atoms with Gasteiger partial charge in [-0.25, -0.2) is 4.39 Å². The van der Waals surface area contributed by atoms with Crippen LogP contribution >= 0.6 is 0 Å². The molecule has 92 valence electrons. The molecule has 0 aliphatic carbocycles. The maximum Gasteiger partial charge on any atom is 0.261 e. The first-order valence-corrected chi connectivity index (χ1v) is 5.32. The lowest BCUT2D eigenvalue weighted by atomic mass is 10.1. The van der Waals surface area contributed by atoms with Gasteiger partial charge in [0.15, 0.2) is 0 Å². The van der Waals surface area contributed by atoms with Gasteiger partial charge in [-0.3, -0.25) is 9.78 Å². The lowest BCUT2D eigenvalue weighted by Gasteiger charge is -2.17. The van der Waals surface area contributed by atoms with Gasteiger partial charge in [0.2, 0.25) is 0 Å². The third-order valence-electron chi connectivity index (χ3n) is 2.56. The highest BCUT2D eigenvalue weighted by Crippen LogP contribution is 2.17. The van der Waals surface area contributed by atoms with Crippen molar-refractivity contribution >= 4 is 17.3 Å². The fraction of sp³-hybridized carbons (Fsp3) is 0.0769. The van der Waals surface area contributed by atoms with E-state index in [9.17, 15) is 9.18 Å². The Bertz CT molecular complexity index is 572. The lowest BCUT2D eigenvalue weighted by molar-refractivity contribution is 0.0989. The first-order chi connectivity index (χ1) is 8.59. The van der Waals surface area contributed by atoms with Gasteiger partial charge in [0.05, 0.1) is 17.4 Å². The molecule has 2 N–H and O–H groups in total. The van der Waals surface area contributed by atoms with Crippen molar-refractivity contribution in [2.75, 3.05) is 17.7 Å². The molecule has 0 saturated carbocycles.